The van der Waals surface area contributed by atoms with E-state index >= 15 is 0 Å². The Labute approximate surface area is 193 Å². The first-order chi connectivity index (χ1) is 15.9. The second-order valence-electron chi connectivity index (χ2n) is 7.31. The minimum absolute atomic E-state index is 0.0365. The largest absolute Gasteiger partial charge is 0.493 e. The predicted molar refractivity (Wildman–Crippen MR) is 127 cm³/mol. The molecule has 0 aliphatic rings. The smallest absolute Gasteiger partial charge is 0.276 e. The highest BCUT2D eigenvalue weighted by molar-refractivity contribution is 5.85. The Kier molecular flexibility index (Phi) is 7.42. The van der Waals surface area contributed by atoms with Crippen LogP contribution in [-0.2, 0) is 6.42 Å². The van der Waals surface area contributed by atoms with Crippen molar-refractivity contribution in [2.45, 2.75) is 20.3 Å². The van der Waals surface area contributed by atoms with Crippen LogP contribution in [0.4, 0.5) is 11.5 Å². The zero-order valence-corrected chi connectivity index (χ0v) is 19.8. The average molecular weight is 456 g/mol. The standard InChI is InChI=1S/C24H29N3O6/c1-7-26(8-2)24-17(9-15-11-20(30-3)22(32-5)13-18(15)25-24)10-16-12-21(31-4)23(33-6)14-19(16)27(28)29/h9,11-14H,7-8,10H2,1-6H3. The van der Waals surface area contributed by atoms with Gasteiger partial charge in [-0.25, -0.2) is 4.98 Å². The van der Waals surface area contributed by atoms with Crippen molar-refractivity contribution < 1.29 is 23.9 Å². The molecule has 1 heterocycles. The van der Waals surface area contributed by atoms with Gasteiger partial charge in [0, 0.05) is 36.5 Å². The minimum Gasteiger partial charge on any atom is -0.493 e. The fourth-order valence-electron chi connectivity index (χ4n) is 3.89. The summed E-state index contributed by atoms with van der Waals surface area (Å²) in [5.74, 6) is 2.69. The first-order valence-corrected chi connectivity index (χ1v) is 10.6. The van der Waals surface area contributed by atoms with Crippen molar-refractivity contribution in [3.63, 3.8) is 0 Å². The Morgan fingerprint density at radius 3 is 1.91 bits per heavy atom. The lowest BCUT2D eigenvalue weighted by molar-refractivity contribution is -0.385. The van der Waals surface area contributed by atoms with Crippen molar-refractivity contribution >= 4 is 22.4 Å². The number of pyridine rings is 1. The number of anilines is 1. The highest BCUT2D eigenvalue weighted by atomic mass is 16.6. The number of methoxy groups -OCH3 is 4. The lowest BCUT2D eigenvalue weighted by atomic mass is 10.0. The molecule has 9 nitrogen and oxygen atoms in total. The summed E-state index contributed by atoms with van der Waals surface area (Å²) in [6.07, 6.45) is 0.291. The van der Waals surface area contributed by atoms with E-state index in [9.17, 15) is 10.1 Å². The molecule has 0 aliphatic heterocycles. The van der Waals surface area contributed by atoms with Crippen molar-refractivity contribution in [3.05, 3.63) is 51.6 Å². The molecule has 2 aromatic carbocycles. The van der Waals surface area contributed by atoms with Gasteiger partial charge in [0.1, 0.15) is 5.82 Å². The number of ether oxygens (including phenoxy) is 4. The third kappa shape index (κ3) is 4.72. The topological polar surface area (TPSA) is 96.2 Å². The summed E-state index contributed by atoms with van der Waals surface area (Å²) in [6.45, 7) is 5.58. The van der Waals surface area contributed by atoms with Crippen LogP contribution in [0, 0.1) is 10.1 Å². The quantitative estimate of drug-likeness (QED) is 0.323. The molecule has 0 saturated carbocycles. The molecule has 0 fully saturated rings. The number of hydrogen-bond acceptors (Lipinski definition) is 8. The van der Waals surface area contributed by atoms with Crippen molar-refractivity contribution in [2.75, 3.05) is 46.4 Å². The van der Waals surface area contributed by atoms with E-state index in [2.05, 4.69) is 4.90 Å². The summed E-state index contributed by atoms with van der Waals surface area (Å²) in [7, 11) is 6.12. The van der Waals surface area contributed by atoms with Gasteiger partial charge in [-0.3, -0.25) is 10.1 Å². The molecule has 0 unspecified atom stereocenters. The van der Waals surface area contributed by atoms with E-state index < -0.39 is 4.92 Å². The second-order valence-corrected chi connectivity index (χ2v) is 7.31. The molecule has 0 saturated heterocycles. The van der Waals surface area contributed by atoms with Gasteiger partial charge >= 0.3 is 0 Å². The fraction of sp³-hybridized carbons (Fsp3) is 0.375. The van der Waals surface area contributed by atoms with E-state index in [1.54, 1.807) is 20.3 Å². The number of nitro groups is 1. The highest BCUT2D eigenvalue weighted by Crippen LogP contribution is 2.38. The van der Waals surface area contributed by atoms with E-state index in [0.29, 0.717) is 35.0 Å². The van der Waals surface area contributed by atoms with Gasteiger partial charge in [0.15, 0.2) is 23.0 Å². The highest BCUT2D eigenvalue weighted by Gasteiger charge is 2.22. The summed E-state index contributed by atoms with van der Waals surface area (Å²) in [5.41, 5.74) is 2.08. The Morgan fingerprint density at radius 1 is 0.818 bits per heavy atom. The third-order valence-electron chi connectivity index (χ3n) is 5.60. The molecule has 176 valence electrons. The van der Waals surface area contributed by atoms with Gasteiger partial charge in [0.2, 0.25) is 0 Å². The maximum Gasteiger partial charge on any atom is 0.276 e. The minimum atomic E-state index is -0.406. The molecule has 9 heteroatoms. The first kappa shape index (κ1) is 23.9. The molecule has 33 heavy (non-hydrogen) atoms. The van der Waals surface area contributed by atoms with Crippen LogP contribution in [0.25, 0.3) is 10.9 Å². The van der Waals surface area contributed by atoms with Gasteiger partial charge in [0.05, 0.1) is 44.9 Å². The van der Waals surface area contributed by atoms with Crippen LogP contribution >= 0.6 is 0 Å². The monoisotopic (exact) mass is 455 g/mol. The molecule has 0 radical (unpaired) electrons. The normalized spacial score (nSPS) is 10.7. The van der Waals surface area contributed by atoms with Crippen LogP contribution in [-0.4, -0.2) is 51.4 Å². The number of nitro benzene ring substituents is 1. The van der Waals surface area contributed by atoms with Gasteiger partial charge in [-0.15, -0.1) is 0 Å². The van der Waals surface area contributed by atoms with E-state index in [1.165, 1.54) is 20.3 Å². The van der Waals surface area contributed by atoms with Crippen LogP contribution in [0.15, 0.2) is 30.3 Å². The van der Waals surface area contributed by atoms with Gasteiger partial charge < -0.3 is 23.8 Å². The SMILES string of the molecule is CCN(CC)c1nc2cc(OC)c(OC)cc2cc1Cc1cc(OC)c(OC)cc1[N+](=O)[O-]. The third-order valence-corrected chi connectivity index (χ3v) is 5.60. The van der Waals surface area contributed by atoms with Crippen LogP contribution in [0.1, 0.15) is 25.0 Å². The molecule has 1 aromatic heterocycles. The van der Waals surface area contributed by atoms with E-state index in [1.807, 2.05) is 32.0 Å². The molecular weight excluding hydrogens is 426 g/mol. The Morgan fingerprint density at radius 2 is 1.36 bits per heavy atom. The Bertz CT molecular complexity index is 1160. The van der Waals surface area contributed by atoms with Gasteiger partial charge in [0.25, 0.3) is 5.69 Å². The fourth-order valence-corrected chi connectivity index (χ4v) is 3.89. The first-order valence-electron chi connectivity index (χ1n) is 10.6. The molecule has 0 aliphatic carbocycles. The maximum atomic E-state index is 11.8. The van der Waals surface area contributed by atoms with Gasteiger partial charge in [-0.05, 0) is 37.6 Å². The van der Waals surface area contributed by atoms with Crippen molar-refractivity contribution in [1.82, 2.24) is 4.98 Å². The number of rotatable bonds is 10. The Hall–Kier alpha value is -3.75. The van der Waals surface area contributed by atoms with Crippen molar-refractivity contribution in [1.29, 1.82) is 0 Å². The van der Waals surface area contributed by atoms with Crippen LogP contribution in [0.3, 0.4) is 0 Å². The van der Waals surface area contributed by atoms with Crippen LogP contribution in [0.5, 0.6) is 23.0 Å². The van der Waals surface area contributed by atoms with E-state index in [-0.39, 0.29) is 5.69 Å². The molecule has 3 rings (SSSR count). The summed E-state index contributed by atoms with van der Waals surface area (Å²) < 4.78 is 21.5. The van der Waals surface area contributed by atoms with Crippen LogP contribution < -0.4 is 23.8 Å². The maximum absolute atomic E-state index is 11.8. The number of hydrogen-bond donors (Lipinski definition) is 0. The summed E-state index contributed by atoms with van der Waals surface area (Å²) in [5, 5.41) is 12.7. The van der Waals surface area contributed by atoms with Crippen molar-refractivity contribution in [3.8, 4) is 23.0 Å². The average Bonchev–Trinajstić information content (AvgIpc) is 2.83. The number of fused-ring (bicyclic) bond motifs is 1. The van der Waals surface area contributed by atoms with Gasteiger partial charge in [-0.2, -0.15) is 0 Å². The second kappa shape index (κ2) is 10.2. The van der Waals surface area contributed by atoms with E-state index in [0.717, 1.165) is 35.4 Å². The summed E-state index contributed by atoms with van der Waals surface area (Å²) >= 11 is 0. The number of nitrogens with zero attached hydrogens (tertiary/aromatic N) is 3. The Balaban J connectivity index is 2.24. The lowest BCUT2D eigenvalue weighted by Crippen LogP contribution is -2.24. The number of aromatic nitrogens is 1. The van der Waals surface area contributed by atoms with E-state index in [4.69, 9.17) is 23.9 Å². The lowest BCUT2D eigenvalue weighted by Gasteiger charge is -2.24. The molecule has 0 atom stereocenters. The zero-order chi connectivity index (χ0) is 24.1. The van der Waals surface area contributed by atoms with Crippen LogP contribution in [0.2, 0.25) is 0 Å². The molecule has 0 N–H and O–H groups in total. The predicted octanol–water partition coefficient (Wildman–Crippen LogP) is 4.61. The molecule has 0 spiro atoms. The zero-order valence-electron chi connectivity index (χ0n) is 19.8. The number of benzene rings is 2. The molecule has 0 amide bonds. The van der Waals surface area contributed by atoms with Gasteiger partial charge in [-0.1, -0.05) is 0 Å². The molecule has 3 aromatic rings. The molecular formula is C24H29N3O6. The van der Waals surface area contributed by atoms with Crippen molar-refractivity contribution in [2.24, 2.45) is 0 Å². The summed E-state index contributed by atoms with van der Waals surface area (Å²) in [6, 6.07) is 8.75. The summed E-state index contributed by atoms with van der Waals surface area (Å²) in [4.78, 5) is 18.5. The molecule has 0 bridgehead atoms.